The van der Waals surface area contributed by atoms with E-state index in [-0.39, 0.29) is 5.78 Å². The average Bonchev–Trinajstić information content (AvgIpc) is 2.66. The molecule has 3 rings (SSSR count). The molecule has 2 aromatic rings. The number of allylic oxidation sites excluding steroid dienone is 2. The van der Waals surface area contributed by atoms with E-state index in [1.165, 1.54) is 0 Å². The smallest absolute Gasteiger partial charge is 0.185 e. The van der Waals surface area contributed by atoms with E-state index in [0.29, 0.717) is 5.92 Å². The van der Waals surface area contributed by atoms with Gasteiger partial charge in [-0.15, -0.1) is 0 Å². The summed E-state index contributed by atoms with van der Waals surface area (Å²) < 4.78 is 10.4. The van der Waals surface area contributed by atoms with Crippen LogP contribution in [0.15, 0.2) is 59.7 Å². The predicted molar refractivity (Wildman–Crippen MR) is 105 cm³/mol. The molecule has 2 aromatic carbocycles. The third-order valence-electron chi connectivity index (χ3n) is 4.63. The van der Waals surface area contributed by atoms with E-state index in [1.54, 1.807) is 14.2 Å². The van der Waals surface area contributed by atoms with Crippen LogP contribution in [0.4, 0.5) is 0 Å². The molecule has 0 spiro atoms. The number of Topliss-reactive ketones (excluding diaryl/α,β-unsaturated/α-hetero) is 1. The lowest BCUT2D eigenvalue weighted by atomic mass is 9.81. The molecule has 0 bridgehead atoms. The summed E-state index contributed by atoms with van der Waals surface area (Å²) in [5.74, 6) is 2.22. The summed E-state index contributed by atoms with van der Waals surface area (Å²) in [6.45, 7) is 2.19. The van der Waals surface area contributed by atoms with E-state index in [2.05, 4.69) is 6.92 Å². The number of hydrogen-bond donors (Lipinski definition) is 0. The number of methoxy groups -OCH3 is 2. The van der Waals surface area contributed by atoms with Gasteiger partial charge in [-0.3, -0.25) is 4.79 Å². The monoisotopic (exact) mass is 348 g/mol. The van der Waals surface area contributed by atoms with E-state index < -0.39 is 0 Å². The molecular weight excluding hydrogens is 324 g/mol. The second kappa shape index (κ2) is 8.05. The standard InChI is InChI=1S/C23H24O3/c1-16-12-19(14-17-4-8-21(25-2)9-5-17)23(24)20(13-16)15-18-6-10-22(26-3)11-7-18/h4-11,14-16H,12-13H2,1-3H3/b19-14-,20-15+. The zero-order valence-corrected chi connectivity index (χ0v) is 15.5. The first-order valence-corrected chi connectivity index (χ1v) is 8.83. The Kier molecular flexibility index (Phi) is 5.57. The molecule has 1 fully saturated rings. The van der Waals surface area contributed by atoms with Crippen LogP contribution in [-0.2, 0) is 4.79 Å². The van der Waals surface area contributed by atoms with Gasteiger partial charge in [-0.2, -0.15) is 0 Å². The molecule has 1 unspecified atom stereocenters. The lowest BCUT2D eigenvalue weighted by Gasteiger charge is -2.22. The minimum Gasteiger partial charge on any atom is -0.497 e. The first-order chi connectivity index (χ1) is 12.6. The van der Waals surface area contributed by atoms with Gasteiger partial charge < -0.3 is 9.47 Å². The molecule has 0 N–H and O–H groups in total. The van der Waals surface area contributed by atoms with Crippen LogP contribution in [0.5, 0.6) is 11.5 Å². The van der Waals surface area contributed by atoms with Crippen molar-refractivity contribution in [3.8, 4) is 11.5 Å². The van der Waals surface area contributed by atoms with Gasteiger partial charge >= 0.3 is 0 Å². The molecule has 3 heteroatoms. The van der Waals surface area contributed by atoms with Crippen molar-refractivity contribution in [2.75, 3.05) is 14.2 Å². The number of hydrogen-bond acceptors (Lipinski definition) is 3. The summed E-state index contributed by atoms with van der Waals surface area (Å²) in [7, 11) is 3.30. The van der Waals surface area contributed by atoms with Gasteiger partial charge in [0.15, 0.2) is 5.78 Å². The van der Waals surface area contributed by atoms with E-state index in [4.69, 9.17) is 9.47 Å². The normalized spacial score (nSPS) is 20.4. The van der Waals surface area contributed by atoms with E-state index in [0.717, 1.165) is 46.6 Å². The van der Waals surface area contributed by atoms with Gasteiger partial charge in [-0.1, -0.05) is 31.2 Å². The lowest BCUT2D eigenvalue weighted by Crippen LogP contribution is -2.18. The second-order valence-corrected chi connectivity index (χ2v) is 6.73. The summed E-state index contributed by atoms with van der Waals surface area (Å²) in [5, 5.41) is 0. The van der Waals surface area contributed by atoms with Gasteiger partial charge in [-0.05, 0) is 66.3 Å². The highest BCUT2D eigenvalue weighted by molar-refractivity contribution is 6.14. The molecule has 1 aliphatic rings. The first-order valence-electron chi connectivity index (χ1n) is 8.83. The van der Waals surface area contributed by atoms with Gasteiger partial charge in [0.25, 0.3) is 0 Å². The van der Waals surface area contributed by atoms with Crippen LogP contribution in [0.1, 0.15) is 30.9 Å². The maximum absolute atomic E-state index is 12.9. The fourth-order valence-corrected chi connectivity index (χ4v) is 3.27. The maximum atomic E-state index is 12.9. The van der Waals surface area contributed by atoms with E-state index in [9.17, 15) is 4.79 Å². The highest BCUT2D eigenvalue weighted by atomic mass is 16.5. The number of rotatable bonds is 4. The van der Waals surface area contributed by atoms with Crippen LogP contribution < -0.4 is 9.47 Å². The van der Waals surface area contributed by atoms with E-state index in [1.807, 2.05) is 60.7 Å². The number of carbonyl (C=O) groups is 1. The molecule has 1 atom stereocenters. The highest BCUT2D eigenvalue weighted by Crippen LogP contribution is 2.32. The summed E-state index contributed by atoms with van der Waals surface area (Å²) >= 11 is 0. The molecular formula is C23H24O3. The number of carbonyl (C=O) groups excluding carboxylic acids is 1. The Morgan fingerprint density at radius 2 is 1.15 bits per heavy atom. The van der Waals surface area contributed by atoms with Crippen LogP contribution in [0, 0.1) is 5.92 Å². The Morgan fingerprint density at radius 1 is 0.769 bits per heavy atom. The molecule has 26 heavy (non-hydrogen) atoms. The van der Waals surface area contributed by atoms with Crippen molar-refractivity contribution < 1.29 is 14.3 Å². The highest BCUT2D eigenvalue weighted by Gasteiger charge is 2.25. The summed E-state index contributed by atoms with van der Waals surface area (Å²) in [5.41, 5.74) is 3.78. The average molecular weight is 348 g/mol. The van der Waals surface area contributed by atoms with Gasteiger partial charge in [-0.25, -0.2) is 0 Å². The van der Waals surface area contributed by atoms with Crippen molar-refractivity contribution in [3.63, 3.8) is 0 Å². The SMILES string of the molecule is COc1ccc(/C=C2/CC(C)C/C(=C\c3ccc(OC)cc3)C2=O)cc1. The minimum atomic E-state index is 0.148. The predicted octanol–water partition coefficient (Wildman–Crippen LogP) is 5.17. The molecule has 0 heterocycles. The van der Waals surface area contributed by atoms with Crippen molar-refractivity contribution >= 4 is 17.9 Å². The minimum absolute atomic E-state index is 0.148. The molecule has 1 aliphatic carbocycles. The fraction of sp³-hybridized carbons (Fsp3) is 0.261. The Balaban J connectivity index is 1.86. The summed E-state index contributed by atoms with van der Waals surface area (Å²) in [6.07, 6.45) is 5.62. The topological polar surface area (TPSA) is 35.5 Å². The maximum Gasteiger partial charge on any atom is 0.185 e. The lowest BCUT2D eigenvalue weighted by molar-refractivity contribution is -0.113. The zero-order chi connectivity index (χ0) is 18.5. The van der Waals surface area contributed by atoms with Crippen molar-refractivity contribution in [2.24, 2.45) is 5.92 Å². The zero-order valence-electron chi connectivity index (χ0n) is 15.5. The third-order valence-corrected chi connectivity index (χ3v) is 4.63. The van der Waals surface area contributed by atoms with Gasteiger partial charge in [0.1, 0.15) is 11.5 Å². The molecule has 1 saturated carbocycles. The first kappa shape index (κ1) is 18.0. The van der Waals surface area contributed by atoms with Gasteiger partial charge in [0.05, 0.1) is 14.2 Å². The van der Waals surface area contributed by atoms with Crippen LogP contribution in [0.2, 0.25) is 0 Å². The molecule has 0 saturated heterocycles. The largest absolute Gasteiger partial charge is 0.497 e. The molecule has 0 amide bonds. The molecule has 134 valence electrons. The van der Waals surface area contributed by atoms with Crippen LogP contribution in [-0.4, -0.2) is 20.0 Å². The molecule has 0 aliphatic heterocycles. The number of ketones is 1. The summed E-state index contributed by atoms with van der Waals surface area (Å²) in [6, 6.07) is 15.6. The van der Waals surface area contributed by atoms with Crippen molar-refractivity contribution in [1.29, 1.82) is 0 Å². The van der Waals surface area contributed by atoms with Crippen molar-refractivity contribution in [2.45, 2.75) is 19.8 Å². The Labute approximate surface area is 155 Å². The van der Waals surface area contributed by atoms with Gasteiger partial charge in [0, 0.05) is 11.1 Å². The Morgan fingerprint density at radius 3 is 1.50 bits per heavy atom. The van der Waals surface area contributed by atoms with Crippen LogP contribution in [0.3, 0.4) is 0 Å². The second-order valence-electron chi connectivity index (χ2n) is 6.73. The number of ether oxygens (including phenoxy) is 2. The van der Waals surface area contributed by atoms with Crippen molar-refractivity contribution in [1.82, 2.24) is 0 Å². The number of benzene rings is 2. The molecule has 0 radical (unpaired) electrons. The third kappa shape index (κ3) is 4.23. The summed E-state index contributed by atoms with van der Waals surface area (Å²) in [4.78, 5) is 12.9. The fourth-order valence-electron chi connectivity index (χ4n) is 3.27. The van der Waals surface area contributed by atoms with Gasteiger partial charge in [0.2, 0.25) is 0 Å². The van der Waals surface area contributed by atoms with Crippen LogP contribution in [0.25, 0.3) is 12.2 Å². The molecule has 0 aromatic heterocycles. The molecule has 3 nitrogen and oxygen atoms in total. The van der Waals surface area contributed by atoms with Crippen molar-refractivity contribution in [3.05, 3.63) is 70.8 Å². The Bertz CT molecular complexity index is 757. The van der Waals surface area contributed by atoms with Crippen LogP contribution >= 0.6 is 0 Å². The van der Waals surface area contributed by atoms with E-state index >= 15 is 0 Å². The Hall–Kier alpha value is -2.81. The quantitative estimate of drug-likeness (QED) is 0.715.